The van der Waals surface area contributed by atoms with Crippen LogP contribution in [0.5, 0.6) is 5.75 Å². The zero-order chi connectivity index (χ0) is 15.6. The van der Waals surface area contributed by atoms with Gasteiger partial charge >= 0.3 is 0 Å². The molecule has 1 amide bonds. The van der Waals surface area contributed by atoms with Gasteiger partial charge in [-0.15, -0.1) is 0 Å². The maximum Gasteiger partial charge on any atom is 0.259 e. The van der Waals surface area contributed by atoms with Gasteiger partial charge in [0.05, 0.1) is 16.8 Å². The molecule has 0 aliphatic carbocycles. The molecule has 2 rings (SSSR count). The summed E-state index contributed by atoms with van der Waals surface area (Å²) in [6.07, 6.45) is 0. The number of amides is 1. The van der Waals surface area contributed by atoms with E-state index in [0.29, 0.717) is 0 Å². The molecule has 2 aromatic carbocycles. The van der Waals surface area contributed by atoms with Crippen LogP contribution in [0.15, 0.2) is 36.4 Å². The first-order valence-corrected chi connectivity index (χ1v) is 6.57. The summed E-state index contributed by atoms with van der Waals surface area (Å²) in [5.74, 6) is -1.54. The Hall–Kier alpha value is -2.18. The minimum Gasteiger partial charge on any atom is -0.507 e. The molecule has 4 nitrogen and oxygen atoms in total. The second-order valence-corrected chi connectivity index (χ2v) is 5.02. The van der Waals surface area contributed by atoms with Gasteiger partial charge in [0.25, 0.3) is 5.91 Å². The van der Waals surface area contributed by atoms with Crippen LogP contribution in [0.25, 0.3) is 0 Å². The highest BCUT2D eigenvalue weighted by molar-refractivity contribution is 7.80. The van der Waals surface area contributed by atoms with E-state index in [1.807, 2.05) is 0 Å². The molecule has 0 unspecified atom stereocenters. The fraction of sp³-hybridized carbons (Fsp3) is 0. The predicted molar refractivity (Wildman–Crippen MR) is 83.4 cm³/mol. The van der Waals surface area contributed by atoms with Crippen LogP contribution in [0.4, 0.5) is 10.1 Å². The Balaban J connectivity index is 2.39. The Morgan fingerprint density at radius 3 is 2.71 bits per heavy atom. The molecular weight excluding hydrogens is 315 g/mol. The molecule has 0 fully saturated rings. The number of nitrogens with two attached hydrogens (primary N) is 1. The number of carbonyl (C=O) groups is 1. The molecule has 7 heteroatoms. The Bertz CT molecular complexity index is 737. The van der Waals surface area contributed by atoms with Crippen LogP contribution in [0.3, 0.4) is 0 Å². The molecule has 0 saturated carbocycles. The summed E-state index contributed by atoms with van der Waals surface area (Å²) in [7, 11) is 0. The molecule has 108 valence electrons. The zero-order valence-electron chi connectivity index (χ0n) is 10.6. The summed E-state index contributed by atoms with van der Waals surface area (Å²) >= 11 is 10.5. The molecule has 0 atom stereocenters. The molecule has 0 aliphatic rings. The van der Waals surface area contributed by atoms with E-state index in [1.165, 1.54) is 36.4 Å². The summed E-state index contributed by atoms with van der Waals surface area (Å²) in [5, 5.41) is 12.4. The van der Waals surface area contributed by atoms with Crippen molar-refractivity contribution in [1.82, 2.24) is 0 Å². The molecular formula is C14H10ClFN2O2S. The van der Waals surface area contributed by atoms with Crippen molar-refractivity contribution >= 4 is 40.4 Å². The fourth-order valence-electron chi connectivity index (χ4n) is 1.76. The molecule has 0 radical (unpaired) electrons. The Morgan fingerprint density at radius 1 is 1.33 bits per heavy atom. The number of phenolic OH excluding ortho intramolecular Hbond substituents is 1. The fourth-order valence-corrected chi connectivity index (χ4v) is 2.14. The number of hydrogen-bond donors (Lipinski definition) is 3. The van der Waals surface area contributed by atoms with E-state index >= 15 is 0 Å². The van der Waals surface area contributed by atoms with Crippen LogP contribution < -0.4 is 11.1 Å². The van der Waals surface area contributed by atoms with Crippen LogP contribution in [-0.4, -0.2) is 16.0 Å². The molecule has 4 N–H and O–H groups in total. The molecule has 0 aliphatic heterocycles. The van der Waals surface area contributed by atoms with Gasteiger partial charge in [-0.05, 0) is 30.3 Å². The third kappa shape index (κ3) is 3.29. The van der Waals surface area contributed by atoms with E-state index in [4.69, 9.17) is 29.6 Å². The number of benzene rings is 2. The van der Waals surface area contributed by atoms with Crippen molar-refractivity contribution < 1.29 is 14.3 Å². The van der Waals surface area contributed by atoms with Crippen molar-refractivity contribution in [2.75, 3.05) is 5.32 Å². The van der Waals surface area contributed by atoms with E-state index < -0.39 is 11.7 Å². The SMILES string of the molecule is NC(=S)c1c(F)cccc1NC(=O)c1cc(Cl)ccc1O. The molecule has 0 aromatic heterocycles. The van der Waals surface area contributed by atoms with Crippen molar-refractivity contribution in [1.29, 1.82) is 0 Å². The van der Waals surface area contributed by atoms with Crippen LogP contribution in [0.2, 0.25) is 5.02 Å². The molecule has 21 heavy (non-hydrogen) atoms. The molecule has 0 spiro atoms. The number of thiocarbonyl (C=S) groups is 1. The average molecular weight is 325 g/mol. The highest BCUT2D eigenvalue weighted by atomic mass is 35.5. The van der Waals surface area contributed by atoms with Crippen molar-refractivity contribution in [3.05, 3.63) is 58.4 Å². The van der Waals surface area contributed by atoms with Crippen LogP contribution >= 0.6 is 23.8 Å². The normalized spacial score (nSPS) is 10.2. The first-order chi connectivity index (χ1) is 9.90. The van der Waals surface area contributed by atoms with E-state index in [-0.39, 0.29) is 32.6 Å². The van der Waals surface area contributed by atoms with E-state index in [9.17, 15) is 14.3 Å². The van der Waals surface area contributed by atoms with Crippen LogP contribution in [0, 0.1) is 5.82 Å². The number of anilines is 1. The number of hydrogen-bond acceptors (Lipinski definition) is 3. The maximum absolute atomic E-state index is 13.7. The number of phenols is 1. The van der Waals surface area contributed by atoms with Gasteiger partial charge in [-0.3, -0.25) is 4.79 Å². The lowest BCUT2D eigenvalue weighted by Gasteiger charge is -2.11. The van der Waals surface area contributed by atoms with Gasteiger partial charge in [-0.2, -0.15) is 0 Å². The molecule has 2 aromatic rings. The van der Waals surface area contributed by atoms with E-state index in [0.717, 1.165) is 0 Å². The number of aromatic hydroxyl groups is 1. The second kappa shape index (κ2) is 6.07. The first-order valence-electron chi connectivity index (χ1n) is 5.78. The van der Waals surface area contributed by atoms with Crippen molar-refractivity contribution in [2.24, 2.45) is 5.73 Å². The van der Waals surface area contributed by atoms with Gasteiger partial charge < -0.3 is 16.2 Å². The van der Waals surface area contributed by atoms with Gasteiger partial charge in [0.15, 0.2) is 0 Å². The van der Waals surface area contributed by atoms with Crippen LogP contribution in [-0.2, 0) is 0 Å². The van der Waals surface area contributed by atoms with Crippen molar-refractivity contribution in [2.45, 2.75) is 0 Å². The minimum atomic E-state index is -0.655. The smallest absolute Gasteiger partial charge is 0.259 e. The van der Waals surface area contributed by atoms with Gasteiger partial charge in [0, 0.05) is 5.02 Å². The summed E-state index contributed by atoms with van der Waals surface area (Å²) in [6, 6.07) is 8.07. The summed E-state index contributed by atoms with van der Waals surface area (Å²) in [5.41, 5.74) is 5.46. The third-order valence-electron chi connectivity index (χ3n) is 2.71. The lowest BCUT2D eigenvalue weighted by molar-refractivity contribution is 0.102. The zero-order valence-corrected chi connectivity index (χ0v) is 12.1. The average Bonchev–Trinajstić information content (AvgIpc) is 2.41. The van der Waals surface area contributed by atoms with Gasteiger partial charge in [-0.25, -0.2) is 4.39 Å². The topological polar surface area (TPSA) is 75.3 Å². The minimum absolute atomic E-state index is 0.0411. The standard InChI is InChI=1S/C14H10ClFN2O2S/c15-7-4-5-11(19)8(6-7)14(20)18-10-3-1-2-9(16)12(10)13(17)21/h1-6,19H,(H2,17,21)(H,18,20). The van der Waals surface area contributed by atoms with Gasteiger partial charge in [-0.1, -0.05) is 29.9 Å². The highest BCUT2D eigenvalue weighted by Crippen LogP contribution is 2.24. The number of halogens is 2. The summed E-state index contributed by atoms with van der Waals surface area (Å²) in [4.78, 5) is 12.0. The largest absolute Gasteiger partial charge is 0.507 e. The number of rotatable bonds is 3. The van der Waals surface area contributed by atoms with E-state index in [1.54, 1.807) is 0 Å². The highest BCUT2D eigenvalue weighted by Gasteiger charge is 2.16. The maximum atomic E-state index is 13.7. The Morgan fingerprint density at radius 2 is 2.05 bits per heavy atom. The number of carbonyl (C=O) groups excluding carboxylic acids is 1. The van der Waals surface area contributed by atoms with Gasteiger partial charge in [0.1, 0.15) is 16.6 Å². The van der Waals surface area contributed by atoms with E-state index in [2.05, 4.69) is 5.32 Å². The lowest BCUT2D eigenvalue weighted by atomic mass is 10.1. The van der Waals surface area contributed by atoms with Crippen LogP contribution in [0.1, 0.15) is 15.9 Å². The van der Waals surface area contributed by atoms with Crippen molar-refractivity contribution in [3.63, 3.8) is 0 Å². The second-order valence-electron chi connectivity index (χ2n) is 4.14. The molecule has 0 heterocycles. The molecule has 0 saturated heterocycles. The lowest BCUT2D eigenvalue weighted by Crippen LogP contribution is -2.19. The number of nitrogens with one attached hydrogen (secondary N) is 1. The summed E-state index contributed by atoms with van der Waals surface area (Å²) in [6.45, 7) is 0. The Labute approximate surface area is 130 Å². The third-order valence-corrected chi connectivity index (χ3v) is 3.15. The first kappa shape index (κ1) is 15.2. The molecule has 0 bridgehead atoms. The van der Waals surface area contributed by atoms with Gasteiger partial charge in [0.2, 0.25) is 0 Å². The quantitative estimate of drug-likeness (QED) is 0.758. The monoisotopic (exact) mass is 324 g/mol. The summed E-state index contributed by atoms with van der Waals surface area (Å²) < 4.78 is 13.7. The van der Waals surface area contributed by atoms with Crippen molar-refractivity contribution in [3.8, 4) is 5.75 Å². The Kier molecular flexibility index (Phi) is 4.40. The predicted octanol–water partition coefficient (Wildman–Crippen LogP) is 3.07.